The number of aliphatic hydroxyl groups excluding tert-OH is 1. The van der Waals surface area contributed by atoms with Crippen molar-refractivity contribution in [3.63, 3.8) is 0 Å². The summed E-state index contributed by atoms with van der Waals surface area (Å²) < 4.78 is 0. The van der Waals surface area contributed by atoms with E-state index in [0.29, 0.717) is 0 Å². The van der Waals surface area contributed by atoms with Crippen LogP contribution in [-0.2, 0) is 6.42 Å². The molecule has 122 valence electrons. The number of piperidine rings is 1. The molecular formula is C17H27N3O2. The molecule has 5 heteroatoms. The van der Waals surface area contributed by atoms with Crippen LogP contribution in [0.5, 0.6) is 0 Å². The Hall–Kier alpha value is -1.59. The van der Waals surface area contributed by atoms with Gasteiger partial charge in [0, 0.05) is 6.04 Å². The smallest absolute Gasteiger partial charge is 0.315 e. The largest absolute Gasteiger partial charge is 0.394 e. The van der Waals surface area contributed by atoms with Gasteiger partial charge in [-0.15, -0.1) is 0 Å². The second-order valence-corrected chi connectivity index (χ2v) is 6.03. The summed E-state index contributed by atoms with van der Waals surface area (Å²) in [4.78, 5) is 14.4. The molecule has 5 nitrogen and oxygen atoms in total. The lowest BCUT2D eigenvalue weighted by molar-refractivity contribution is 0.201. The third kappa shape index (κ3) is 4.71. The van der Waals surface area contributed by atoms with E-state index in [-0.39, 0.29) is 24.7 Å². The van der Waals surface area contributed by atoms with Crippen LogP contribution in [0.25, 0.3) is 0 Å². The normalized spacial score (nSPS) is 18.0. The Labute approximate surface area is 132 Å². The molecule has 0 bridgehead atoms. The summed E-state index contributed by atoms with van der Waals surface area (Å²) in [6, 6.07) is 7.66. The molecule has 1 aliphatic rings. The van der Waals surface area contributed by atoms with Crippen LogP contribution in [0.1, 0.15) is 36.9 Å². The predicted molar refractivity (Wildman–Crippen MR) is 87.8 cm³/mol. The zero-order chi connectivity index (χ0) is 15.9. The van der Waals surface area contributed by atoms with Crippen LogP contribution in [0.15, 0.2) is 24.3 Å². The molecule has 0 aliphatic carbocycles. The molecule has 0 aromatic heterocycles. The average molecular weight is 305 g/mol. The summed E-state index contributed by atoms with van der Waals surface area (Å²) in [7, 11) is 2.10. The summed E-state index contributed by atoms with van der Waals surface area (Å²) in [6.07, 6.45) is 2.92. The first kappa shape index (κ1) is 16.8. The van der Waals surface area contributed by atoms with Gasteiger partial charge in [-0.05, 0) is 50.5 Å². The molecule has 1 heterocycles. The number of carbonyl (C=O) groups is 1. The number of hydrogen-bond donors (Lipinski definition) is 3. The first-order chi connectivity index (χ1) is 10.6. The van der Waals surface area contributed by atoms with Crippen molar-refractivity contribution in [3.8, 4) is 0 Å². The average Bonchev–Trinajstić information content (AvgIpc) is 2.55. The van der Waals surface area contributed by atoms with Crippen LogP contribution in [0.2, 0.25) is 0 Å². The topological polar surface area (TPSA) is 64.6 Å². The van der Waals surface area contributed by atoms with Crippen molar-refractivity contribution < 1.29 is 9.90 Å². The second kappa shape index (κ2) is 8.15. The minimum Gasteiger partial charge on any atom is -0.394 e. The van der Waals surface area contributed by atoms with E-state index in [1.165, 1.54) is 5.56 Å². The van der Waals surface area contributed by atoms with Gasteiger partial charge in [0.15, 0.2) is 0 Å². The molecule has 1 fully saturated rings. The van der Waals surface area contributed by atoms with Gasteiger partial charge >= 0.3 is 6.03 Å². The Bertz CT molecular complexity index is 467. The van der Waals surface area contributed by atoms with Crippen molar-refractivity contribution in [1.29, 1.82) is 0 Å². The van der Waals surface area contributed by atoms with Gasteiger partial charge in [0.25, 0.3) is 0 Å². The monoisotopic (exact) mass is 305 g/mol. The van der Waals surface area contributed by atoms with Crippen molar-refractivity contribution in [3.05, 3.63) is 35.4 Å². The van der Waals surface area contributed by atoms with Gasteiger partial charge in [-0.25, -0.2) is 4.79 Å². The Morgan fingerprint density at radius 2 is 1.95 bits per heavy atom. The standard InChI is InChI=1S/C17H27N3O2/c1-3-13-4-6-14(7-5-13)16(12-21)19-17(22)18-15-8-10-20(2)11-9-15/h4-7,15-16,21H,3,8-12H2,1-2H3,(H2,18,19,22). The van der Waals surface area contributed by atoms with E-state index in [1.54, 1.807) is 0 Å². The molecule has 3 N–H and O–H groups in total. The Balaban J connectivity index is 1.87. The van der Waals surface area contributed by atoms with E-state index in [0.717, 1.165) is 37.9 Å². The van der Waals surface area contributed by atoms with E-state index in [1.807, 2.05) is 24.3 Å². The highest BCUT2D eigenvalue weighted by Crippen LogP contribution is 2.14. The molecule has 0 saturated carbocycles. The maximum absolute atomic E-state index is 12.1. The zero-order valence-corrected chi connectivity index (χ0v) is 13.5. The number of urea groups is 1. The number of hydrogen-bond acceptors (Lipinski definition) is 3. The van der Waals surface area contributed by atoms with E-state index in [9.17, 15) is 9.90 Å². The fourth-order valence-electron chi connectivity index (χ4n) is 2.76. The van der Waals surface area contributed by atoms with Gasteiger partial charge in [0.05, 0.1) is 12.6 Å². The first-order valence-corrected chi connectivity index (χ1v) is 8.07. The van der Waals surface area contributed by atoms with Crippen LogP contribution in [-0.4, -0.2) is 48.8 Å². The van der Waals surface area contributed by atoms with Crippen molar-refractivity contribution in [2.75, 3.05) is 26.7 Å². The maximum atomic E-state index is 12.1. The molecule has 0 radical (unpaired) electrons. The quantitative estimate of drug-likeness (QED) is 0.775. The summed E-state index contributed by atoms with van der Waals surface area (Å²) in [5, 5.41) is 15.4. The highest BCUT2D eigenvalue weighted by atomic mass is 16.3. The van der Waals surface area contributed by atoms with E-state index >= 15 is 0 Å². The molecule has 0 spiro atoms. The van der Waals surface area contributed by atoms with Crippen LogP contribution in [0.4, 0.5) is 4.79 Å². The number of amides is 2. The predicted octanol–water partition coefficient (Wildman–Crippen LogP) is 1.68. The molecule has 1 saturated heterocycles. The summed E-state index contributed by atoms with van der Waals surface area (Å²) >= 11 is 0. The molecule has 1 unspecified atom stereocenters. The van der Waals surface area contributed by atoms with Crippen LogP contribution in [0, 0.1) is 0 Å². The molecule has 1 aromatic carbocycles. The number of likely N-dealkylation sites (tertiary alicyclic amines) is 1. The number of nitrogens with zero attached hydrogens (tertiary/aromatic N) is 1. The highest BCUT2D eigenvalue weighted by Gasteiger charge is 2.20. The van der Waals surface area contributed by atoms with Gasteiger partial charge in [0.2, 0.25) is 0 Å². The number of aryl methyl sites for hydroxylation is 1. The second-order valence-electron chi connectivity index (χ2n) is 6.03. The number of rotatable bonds is 5. The van der Waals surface area contributed by atoms with Crippen LogP contribution >= 0.6 is 0 Å². The SMILES string of the molecule is CCc1ccc(C(CO)NC(=O)NC2CCN(C)CC2)cc1. The zero-order valence-electron chi connectivity index (χ0n) is 13.5. The summed E-state index contributed by atoms with van der Waals surface area (Å²) in [6.45, 7) is 4.01. The lowest BCUT2D eigenvalue weighted by Crippen LogP contribution is -2.48. The van der Waals surface area contributed by atoms with Crippen LogP contribution < -0.4 is 10.6 Å². The highest BCUT2D eigenvalue weighted by molar-refractivity contribution is 5.74. The fraction of sp³-hybridized carbons (Fsp3) is 0.588. The first-order valence-electron chi connectivity index (χ1n) is 8.07. The number of benzene rings is 1. The van der Waals surface area contributed by atoms with E-state index in [4.69, 9.17) is 0 Å². The van der Waals surface area contributed by atoms with Crippen molar-refractivity contribution in [1.82, 2.24) is 15.5 Å². The lowest BCUT2D eigenvalue weighted by Gasteiger charge is -2.30. The number of nitrogens with one attached hydrogen (secondary N) is 2. The van der Waals surface area contributed by atoms with Gasteiger partial charge in [0.1, 0.15) is 0 Å². The minimum absolute atomic E-state index is 0.105. The molecule has 22 heavy (non-hydrogen) atoms. The van der Waals surface area contributed by atoms with Crippen molar-refractivity contribution in [2.24, 2.45) is 0 Å². The summed E-state index contributed by atoms with van der Waals surface area (Å²) in [5.74, 6) is 0. The fourth-order valence-corrected chi connectivity index (χ4v) is 2.76. The molecule has 2 amide bonds. The molecule has 1 aromatic rings. The Kier molecular flexibility index (Phi) is 6.21. The molecule has 2 rings (SSSR count). The lowest BCUT2D eigenvalue weighted by atomic mass is 10.0. The number of aliphatic hydroxyl groups is 1. The van der Waals surface area contributed by atoms with Gasteiger partial charge < -0.3 is 20.6 Å². The van der Waals surface area contributed by atoms with E-state index < -0.39 is 0 Å². The Morgan fingerprint density at radius 1 is 1.32 bits per heavy atom. The number of carbonyl (C=O) groups excluding carboxylic acids is 1. The van der Waals surface area contributed by atoms with Gasteiger partial charge in [-0.3, -0.25) is 0 Å². The third-order valence-electron chi connectivity index (χ3n) is 4.33. The maximum Gasteiger partial charge on any atom is 0.315 e. The van der Waals surface area contributed by atoms with Crippen LogP contribution in [0.3, 0.4) is 0 Å². The minimum atomic E-state index is -0.364. The molecule has 1 aliphatic heterocycles. The van der Waals surface area contributed by atoms with Crippen molar-refractivity contribution in [2.45, 2.75) is 38.3 Å². The third-order valence-corrected chi connectivity index (χ3v) is 4.33. The molecule has 1 atom stereocenters. The Morgan fingerprint density at radius 3 is 2.50 bits per heavy atom. The molecular weight excluding hydrogens is 278 g/mol. The van der Waals surface area contributed by atoms with Gasteiger partial charge in [-0.2, -0.15) is 0 Å². The summed E-state index contributed by atoms with van der Waals surface area (Å²) in [5.41, 5.74) is 2.18. The van der Waals surface area contributed by atoms with Gasteiger partial charge in [-0.1, -0.05) is 31.2 Å². The van der Waals surface area contributed by atoms with Crippen molar-refractivity contribution >= 4 is 6.03 Å². The van der Waals surface area contributed by atoms with E-state index in [2.05, 4.69) is 29.5 Å².